The van der Waals surface area contributed by atoms with Crippen molar-refractivity contribution in [3.63, 3.8) is 0 Å². The van der Waals surface area contributed by atoms with Gasteiger partial charge < -0.3 is 20.1 Å². The third kappa shape index (κ3) is 7.64. The zero-order chi connectivity index (χ0) is 13.8. The molecule has 0 bridgehead atoms. The third-order valence-corrected chi connectivity index (χ3v) is 2.54. The molecule has 0 aromatic carbocycles. The van der Waals surface area contributed by atoms with E-state index in [0.717, 1.165) is 44.0 Å². The Balaban J connectivity index is 2.14. The highest BCUT2D eigenvalue weighted by atomic mass is 16.5. The average molecular weight is 267 g/mol. The first-order chi connectivity index (χ1) is 9.36. The van der Waals surface area contributed by atoms with Gasteiger partial charge in [0.15, 0.2) is 0 Å². The van der Waals surface area contributed by atoms with Crippen molar-refractivity contribution in [2.75, 3.05) is 50.7 Å². The maximum Gasteiger partial charge on any atom is 0.127 e. The number of nitrogens with one attached hydrogen (secondary N) is 2. The molecule has 0 saturated carbocycles. The summed E-state index contributed by atoms with van der Waals surface area (Å²) in [6, 6.07) is 4.00. The molecule has 108 valence electrons. The number of hydrogen-bond donors (Lipinski definition) is 2. The molecule has 2 N–H and O–H groups in total. The van der Waals surface area contributed by atoms with Crippen LogP contribution in [0.1, 0.15) is 19.8 Å². The Bertz CT molecular complexity index is 334. The van der Waals surface area contributed by atoms with E-state index in [9.17, 15) is 0 Å². The van der Waals surface area contributed by atoms with E-state index in [1.807, 2.05) is 18.3 Å². The molecular formula is C14H25N3O2. The van der Waals surface area contributed by atoms with E-state index >= 15 is 0 Å². The van der Waals surface area contributed by atoms with Crippen molar-refractivity contribution < 1.29 is 9.47 Å². The second-order valence-corrected chi connectivity index (χ2v) is 4.24. The van der Waals surface area contributed by atoms with E-state index in [1.165, 1.54) is 0 Å². The highest BCUT2D eigenvalue weighted by Crippen LogP contribution is 2.11. The molecule has 0 amide bonds. The first kappa shape index (κ1) is 15.7. The SMILES string of the molecule is CCCNc1cc(NCCCOCCOC)ccn1. The van der Waals surface area contributed by atoms with E-state index in [2.05, 4.69) is 22.5 Å². The molecule has 0 spiro atoms. The molecule has 0 aliphatic heterocycles. The lowest BCUT2D eigenvalue weighted by Crippen LogP contribution is -2.09. The van der Waals surface area contributed by atoms with Gasteiger partial charge in [0.1, 0.15) is 5.82 Å². The Labute approximate surface area is 115 Å². The summed E-state index contributed by atoms with van der Waals surface area (Å²) < 4.78 is 10.3. The van der Waals surface area contributed by atoms with Crippen LogP contribution >= 0.6 is 0 Å². The van der Waals surface area contributed by atoms with Crippen LogP contribution in [0.3, 0.4) is 0 Å². The Kier molecular flexibility index (Phi) is 8.76. The third-order valence-electron chi connectivity index (χ3n) is 2.54. The van der Waals surface area contributed by atoms with Crippen molar-refractivity contribution in [2.24, 2.45) is 0 Å². The minimum atomic E-state index is 0.657. The van der Waals surface area contributed by atoms with E-state index in [1.54, 1.807) is 7.11 Å². The van der Waals surface area contributed by atoms with Gasteiger partial charge >= 0.3 is 0 Å². The molecule has 1 heterocycles. The molecule has 0 aliphatic rings. The Morgan fingerprint density at radius 3 is 2.84 bits per heavy atom. The second kappa shape index (κ2) is 10.6. The lowest BCUT2D eigenvalue weighted by atomic mass is 10.3. The quantitative estimate of drug-likeness (QED) is 0.603. The zero-order valence-electron chi connectivity index (χ0n) is 11.9. The van der Waals surface area contributed by atoms with Crippen LogP contribution in [-0.2, 0) is 9.47 Å². The van der Waals surface area contributed by atoms with E-state index < -0.39 is 0 Å². The van der Waals surface area contributed by atoms with Crippen LogP contribution in [0, 0.1) is 0 Å². The molecule has 19 heavy (non-hydrogen) atoms. The Morgan fingerprint density at radius 1 is 1.16 bits per heavy atom. The minimum Gasteiger partial charge on any atom is -0.385 e. The molecule has 1 aromatic heterocycles. The highest BCUT2D eigenvalue weighted by molar-refractivity contribution is 5.51. The van der Waals surface area contributed by atoms with Crippen LogP contribution in [0.4, 0.5) is 11.5 Å². The van der Waals surface area contributed by atoms with Gasteiger partial charge in [-0.3, -0.25) is 0 Å². The predicted molar refractivity (Wildman–Crippen MR) is 78.8 cm³/mol. The average Bonchev–Trinajstić information content (AvgIpc) is 2.44. The van der Waals surface area contributed by atoms with Crippen LogP contribution in [0.15, 0.2) is 18.3 Å². The van der Waals surface area contributed by atoms with Crippen LogP contribution in [-0.4, -0.2) is 45.0 Å². The predicted octanol–water partition coefficient (Wildman–Crippen LogP) is 2.37. The smallest absolute Gasteiger partial charge is 0.127 e. The van der Waals surface area contributed by atoms with Gasteiger partial charge in [0.2, 0.25) is 0 Å². The monoisotopic (exact) mass is 267 g/mol. The summed E-state index contributed by atoms with van der Waals surface area (Å²) in [7, 11) is 1.68. The van der Waals surface area contributed by atoms with Gasteiger partial charge in [-0.25, -0.2) is 4.98 Å². The lowest BCUT2D eigenvalue weighted by molar-refractivity contribution is 0.0705. The van der Waals surface area contributed by atoms with Crippen molar-refractivity contribution in [3.05, 3.63) is 18.3 Å². The van der Waals surface area contributed by atoms with Crippen LogP contribution in [0.2, 0.25) is 0 Å². The molecule has 5 heteroatoms. The number of hydrogen-bond acceptors (Lipinski definition) is 5. The van der Waals surface area contributed by atoms with E-state index in [0.29, 0.717) is 13.2 Å². The fourth-order valence-corrected chi connectivity index (χ4v) is 1.54. The molecule has 0 unspecified atom stereocenters. The zero-order valence-corrected chi connectivity index (χ0v) is 11.9. The van der Waals surface area contributed by atoms with Gasteiger partial charge in [-0.1, -0.05) is 6.92 Å². The lowest BCUT2D eigenvalue weighted by Gasteiger charge is -2.09. The van der Waals surface area contributed by atoms with Gasteiger partial charge in [-0.15, -0.1) is 0 Å². The molecule has 0 aliphatic carbocycles. The van der Waals surface area contributed by atoms with Crippen molar-refractivity contribution in [2.45, 2.75) is 19.8 Å². The van der Waals surface area contributed by atoms with Gasteiger partial charge in [-0.05, 0) is 18.9 Å². The van der Waals surface area contributed by atoms with E-state index in [4.69, 9.17) is 9.47 Å². The molecule has 1 rings (SSSR count). The van der Waals surface area contributed by atoms with Gasteiger partial charge in [0, 0.05) is 44.8 Å². The highest BCUT2D eigenvalue weighted by Gasteiger charge is 1.96. The van der Waals surface area contributed by atoms with Gasteiger partial charge in [0.05, 0.1) is 13.2 Å². The molecule has 0 radical (unpaired) electrons. The minimum absolute atomic E-state index is 0.657. The molecule has 0 atom stereocenters. The molecular weight excluding hydrogens is 242 g/mol. The fraction of sp³-hybridized carbons (Fsp3) is 0.643. The summed E-state index contributed by atoms with van der Waals surface area (Å²) in [6.07, 6.45) is 3.89. The molecule has 0 saturated heterocycles. The topological polar surface area (TPSA) is 55.4 Å². The number of rotatable bonds is 11. The molecule has 1 aromatic rings. The first-order valence-electron chi connectivity index (χ1n) is 6.87. The van der Waals surface area contributed by atoms with Gasteiger partial charge in [-0.2, -0.15) is 0 Å². The number of nitrogens with zero attached hydrogens (tertiary/aromatic N) is 1. The summed E-state index contributed by atoms with van der Waals surface area (Å²) in [5.41, 5.74) is 1.09. The molecule has 0 fully saturated rings. The van der Waals surface area contributed by atoms with Crippen molar-refractivity contribution >= 4 is 11.5 Å². The molecule has 5 nitrogen and oxygen atoms in total. The Morgan fingerprint density at radius 2 is 2.05 bits per heavy atom. The van der Waals surface area contributed by atoms with Crippen LogP contribution in [0.5, 0.6) is 0 Å². The normalized spacial score (nSPS) is 10.4. The fourth-order valence-electron chi connectivity index (χ4n) is 1.54. The summed E-state index contributed by atoms with van der Waals surface area (Å²) >= 11 is 0. The summed E-state index contributed by atoms with van der Waals surface area (Å²) in [5, 5.41) is 6.63. The van der Waals surface area contributed by atoms with Crippen molar-refractivity contribution in [1.29, 1.82) is 0 Å². The largest absolute Gasteiger partial charge is 0.385 e. The summed E-state index contributed by atoms with van der Waals surface area (Å²) in [5.74, 6) is 0.920. The maximum absolute atomic E-state index is 5.40. The number of anilines is 2. The van der Waals surface area contributed by atoms with Crippen molar-refractivity contribution in [1.82, 2.24) is 4.98 Å². The first-order valence-corrected chi connectivity index (χ1v) is 6.87. The van der Waals surface area contributed by atoms with Crippen molar-refractivity contribution in [3.8, 4) is 0 Å². The number of aromatic nitrogens is 1. The Hall–Kier alpha value is -1.33. The number of pyridine rings is 1. The summed E-state index contributed by atoms with van der Waals surface area (Å²) in [6.45, 7) is 6.05. The van der Waals surface area contributed by atoms with E-state index in [-0.39, 0.29) is 0 Å². The van der Waals surface area contributed by atoms with Gasteiger partial charge in [0.25, 0.3) is 0 Å². The second-order valence-electron chi connectivity index (χ2n) is 4.24. The van der Waals surface area contributed by atoms with Crippen LogP contribution < -0.4 is 10.6 Å². The number of ether oxygens (including phenoxy) is 2. The summed E-state index contributed by atoms with van der Waals surface area (Å²) in [4.78, 5) is 4.27. The standard InChI is InChI=1S/C14H25N3O2/c1-3-6-16-14-12-13(5-8-17-14)15-7-4-9-19-11-10-18-2/h5,8,12H,3-4,6-7,9-11H2,1-2H3,(H2,15,16,17). The van der Waals surface area contributed by atoms with Crippen LogP contribution in [0.25, 0.3) is 0 Å². The maximum atomic E-state index is 5.40. The number of methoxy groups -OCH3 is 1.